The van der Waals surface area contributed by atoms with Crippen molar-refractivity contribution in [3.63, 3.8) is 0 Å². The number of imidazole rings is 1. The van der Waals surface area contributed by atoms with E-state index in [4.69, 9.17) is 5.11 Å². The number of aryl methyl sites for hydroxylation is 1. The van der Waals surface area contributed by atoms with Crippen molar-refractivity contribution in [2.75, 3.05) is 11.9 Å². The van der Waals surface area contributed by atoms with Crippen molar-refractivity contribution in [1.29, 1.82) is 0 Å². The van der Waals surface area contributed by atoms with Crippen LogP contribution in [0, 0.1) is 5.92 Å². The molecule has 1 unspecified atom stereocenters. The minimum absolute atomic E-state index is 0.254. The predicted molar refractivity (Wildman–Crippen MR) is 62.3 cm³/mol. The maximum Gasteiger partial charge on any atom is 0.303 e. The molecule has 90 valence electrons. The van der Waals surface area contributed by atoms with Crippen LogP contribution in [0.1, 0.15) is 26.2 Å². The molecule has 0 spiro atoms. The lowest BCUT2D eigenvalue weighted by Crippen LogP contribution is -2.10. The Balaban J connectivity index is 2.15. The van der Waals surface area contributed by atoms with Crippen LogP contribution in [0.3, 0.4) is 0 Å². The molecule has 5 nitrogen and oxygen atoms in total. The number of nitrogens with one attached hydrogen (secondary N) is 1. The van der Waals surface area contributed by atoms with Gasteiger partial charge in [0.05, 0.1) is 0 Å². The van der Waals surface area contributed by atoms with E-state index in [1.54, 1.807) is 6.20 Å². The van der Waals surface area contributed by atoms with E-state index in [0.29, 0.717) is 5.92 Å². The van der Waals surface area contributed by atoms with Crippen LogP contribution in [0.15, 0.2) is 12.4 Å². The number of aromatic nitrogens is 2. The first-order chi connectivity index (χ1) is 7.59. The third-order valence-electron chi connectivity index (χ3n) is 2.59. The van der Waals surface area contributed by atoms with Crippen LogP contribution in [-0.2, 0) is 11.8 Å². The molecule has 1 aromatic heterocycles. The first-order valence-corrected chi connectivity index (χ1v) is 5.52. The summed E-state index contributed by atoms with van der Waals surface area (Å²) in [6.07, 6.45) is 5.58. The van der Waals surface area contributed by atoms with Gasteiger partial charge in [0.1, 0.15) is 0 Å². The van der Waals surface area contributed by atoms with E-state index >= 15 is 0 Å². The van der Waals surface area contributed by atoms with E-state index in [-0.39, 0.29) is 6.42 Å². The Morgan fingerprint density at radius 2 is 2.38 bits per heavy atom. The van der Waals surface area contributed by atoms with Crippen LogP contribution < -0.4 is 5.32 Å². The Bertz CT molecular complexity index is 336. The van der Waals surface area contributed by atoms with E-state index in [9.17, 15) is 4.79 Å². The van der Waals surface area contributed by atoms with Gasteiger partial charge in [-0.05, 0) is 18.8 Å². The zero-order valence-corrected chi connectivity index (χ0v) is 9.81. The summed E-state index contributed by atoms with van der Waals surface area (Å²) in [5, 5.41) is 11.8. The Hall–Kier alpha value is -1.52. The smallest absolute Gasteiger partial charge is 0.303 e. The number of carboxylic acids is 1. The maximum absolute atomic E-state index is 10.4. The third-order valence-corrected chi connectivity index (χ3v) is 2.59. The van der Waals surface area contributed by atoms with Crippen LogP contribution in [0.5, 0.6) is 0 Å². The van der Waals surface area contributed by atoms with E-state index < -0.39 is 5.97 Å². The van der Waals surface area contributed by atoms with Crippen molar-refractivity contribution in [3.8, 4) is 0 Å². The highest BCUT2D eigenvalue weighted by Gasteiger charge is 2.05. The molecule has 2 N–H and O–H groups in total. The highest BCUT2D eigenvalue weighted by Crippen LogP contribution is 2.10. The third kappa shape index (κ3) is 4.33. The molecule has 0 bridgehead atoms. The van der Waals surface area contributed by atoms with Crippen molar-refractivity contribution in [2.24, 2.45) is 13.0 Å². The van der Waals surface area contributed by atoms with Gasteiger partial charge in [-0.2, -0.15) is 0 Å². The van der Waals surface area contributed by atoms with Crippen molar-refractivity contribution >= 4 is 11.9 Å². The second-order valence-corrected chi connectivity index (χ2v) is 4.11. The number of rotatable bonds is 7. The molecular weight excluding hydrogens is 206 g/mol. The molecule has 0 aliphatic rings. The first kappa shape index (κ1) is 12.5. The maximum atomic E-state index is 10.4. The summed E-state index contributed by atoms with van der Waals surface area (Å²) in [5.41, 5.74) is 0. The fourth-order valence-electron chi connectivity index (χ4n) is 1.48. The van der Waals surface area contributed by atoms with Gasteiger partial charge in [-0.3, -0.25) is 4.79 Å². The van der Waals surface area contributed by atoms with Gasteiger partial charge in [0.25, 0.3) is 0 Å². The lowest BCUT2D eigenvalue weighted by atomic mass is 10.0. The molecular formula is C11H19N3O2. The van der Waals surface area contributed by atoms with Crippen LogP contribution >= 0.6 is 0 Å². The molecule has 16 heavy (non-hydrogen) atoms. The number of carbonyl (C=O) groups is 1. The van der Waals surface area contributed by atoms with Crippen LogP contribution in [0.25, 0.3) is 0 Å². The summed E-state index contributed by atoms with van der Waals surface area (Å²) in [6.45, 7) is 2.90. The second kappa shape index (κ2) is 6.15. The Labute approximate surface area is 95.5 Å². The topological polar surface area (TPSA) is 67.2 Å². The lowest BCUT2D eigenvalue weighted by molar-refractivity contribution is -0.137. The van der Waals surface area contributed by atoms with Gasteiger partial charge in [-0.15, -0.1) is 0 Å². The summed E-state index contributed by atoms with van der Waals surface area (Å²) in [4.78, 5) is 14.5. The van der Waals surface area contributed by atoms with Gasteiger partial charge in [0.2, 0.25) is 5.95 Å². The molecule has 5 heteroatoms. The van der Waals surface area contributed by atoms with E-state index in [1.165, 1.54) is 0 Å². The summed E-state index contributed by atoms with van der Waals surface area (Å²) in [6, 6.07) is 0. The fraction of sp³-hybridized carbons (Fsp3) is 0.636. The molecule has 0 radical (unpaired) electrons. The number of hydrogen-bond acceptors (Lipinski definition) is 3. The van der Waals surface area contributed by atoms with E-state index in [1.807, 2.05) is 17.8 Å². The Morgan fingerprint density at radius 1 is 1.62 bits per heavy atom. The molecule has 0 amide bonds. The van der Waals surface area contributed by atoms with Gasteiger partial charge in [-0.25, -0.2) is 4.98 Å². The monoisotopic (exact) mass is 225 g/mol. The van der Waals surface area contributed by atoms with Crippen molar-refractivity contribution in [1.82, 2.24) is 9.55 Å². The fourth-order valence-corrected chi connectivity index (χ4v) is 1.48. The van der Waals surface area contributed by atoms with E-state index in [0.717, 1.165) is 25.3 Å². The van der Waals surface area contributed by atoms with Crippen LogP contribution in [-0.4, -0.2) is 27.2 Å². The standard InChI is InChI=1S/C11H19N3O2/c1-9(3-4-10(15)16)5-6-12-11-13-7-8-14(11)2/h7-9H,3-6H2,1-2H3,(H,12,13)(H,15,16). The molecule has 0 aliphatic carbocycles. The zero-order chi connectivity index (χ0) is 12.0. The number of hydrogen-bond donors (Lipinski definition) is 2. The number of carboxylic acid groups (broad SMARTS) is 1. The minimum Gasteiger partial charge on any atom is -0.481 e. The van der Waals surface area contributed by atoms with Crippen molar-refractivity contribution in [2.45, 2.75) is 26.2 Å². The number of nitrogens with zero attached hydrogens (tertiary/aromatic N) is 2. The lowest BCUT2D eigenvalue weighted by Gasteiger charge is -2.11. The zero-order valence-electron chi connectivity index (χ0n) is 9.81. The average Bonchev–Trinajstić information content (AvgIpc) is 2.61. The minimum atomic E-state index is -0.719. The quantitative estimate of drug-likeness (QED) is 0.741. The molecule has 1 atom stereocenters. The summed E-state index contributed by atoms with van der Waals surface area (Å²) < 4.78 is 1.92. The predicted octanol–water partition coefficient (Wildman–Crippen LogP) is 1.72. The summed E-state index contributed by atoms with van der Waals surface area (Å²) in [7, 11) is 1.93. The SMILES string of the molecule is CC(CCNc1nccn1C)CCC(=O)O. The Morgan fingerprint density at radius 3 is 2.94 bits per heavy atom. The highest BCUT2D eigenvalue weighted by atomic mass is 16.4. The number of anilines is 1. The summed E-state index contributed by atoms with van der Waals surface area (Å²) >= 11 is 0. The van der Waals surface area contributed by atoms with Crippen molar-refractivity contribution in [3.05, 3.63) is 12.4 Å². The summed E-state index contributed by atoms with van der Waals surface area (Å²) in [5.74, 6) is 0.554. The second-order valence-electron chi connectivity index (χ2n) is 4.11. The van der Waals surface area contributed by atoms with Crippen molar-refractivity contribution < 1.29 is 9.90 Å². The average molecular weight is 225 g/mol. The molecule has 0 aliphatic heterocycles. The number of aliphatic carboxylic acids is 1. The molecule has 1 rings (SSSR count). The molecule has 1 aromatic rings. The van der Waals surface area contributed by atoms with Gasteiger partial charge >= 0.3 is 5.97 Å². The largest absolute Gasteiger partial charge is 0.481 e. The van der Waals surface area contributed by atoms with Crippen LogP contribution in [0.4, 0.5) is 5.95 Å². The van der Waals surface area contributed by atoms with Gasteiger partial charge in [0.15, 0.2) is 0 Å². The van der Waals surface area contributed by atoms with Crippen LogP contribution in [0.2, 0.25) is 0 Å². The molecule has 0 saturated heterocycles. The molecule has 0 fully saturated rings. The van der Waals surface area contributed by atoms with Gasteiger partial charge < -0.3 is 15.0 Å². The van der Waals surface area contributed by atoms with Gasteiger partial charge in [-0.1, -0.05) is 6.92 Å². The molecule has 1 heterocycles. The Kier molecular flexibility index (Phi) is 4.82. The van der Waals surface area contributed by atoms with Gasteiger partial charge in [0, 0.05) is 32.4 Å². The molecule has 0 aromatic carbocycles. The van der Waals surface area contributed by atoms with E-state index in [2.05, 4.69) is 17.2 Å². The highest BCUT2D eigenvalue weighted by molar-refractivity contribution is 5.66. The first-order valence-electron chi connectivity index (χ1n) is 5.52. The normalized spacial score (nSPS) is 12.4. The molecule has 0 saturated carbocycles.